The van der Waals surface area contributed by atoms with Gasteiger partial charge in [0.25, 0.3) is 5.69 Å². The molecular weight excluding hydrogens is 320 g/mol. The van der Waals surface area contributed by atoms with Gasteiger partial charge >= 0.3 is 0 Å². The lowest BCUT2D eigenvalue weighted by atomic mass is 10.1. The molecule has 0 amide bonds. The minimum Gasteiger partial charge on any atom is -0.289 e. The molecule has 0 atom stereocenters. The smallest absolute Gasteiger partial charge is 0.269 e. The van der Waals surface area contributed by atoms with Gasteiger partial charge in [0.15, 0.2) is 5.78 Å². The number of nitro groups is 1. The molecule has 0 bridgehead atoms. The third-order valence-electron chi connectivity index (χ3n) is 3.65. The van der Waals surface area contributed by atoms with Crippen LogP contribution in [0.2, 0.25) is 0 Å². The first-order valence-corrected chi connectivity index (χ1v) is 7.49. The maximum atomic E-state index is 12.2. The van der Waals surface area contributed by atoms with Crippen LogP contribution < -0.4 is 0 Å². The molecule has 1 heterocycles. The van der Waals surface area contributed by atoms with Crippen LogP contribution in [0.5, 0.6) is 0 Å². The Kier molecular flexibility index (Phi) is 4.47. The van der Waals surface area contributed by atoms with Crippen LogP contribution in [-0.2, 0) is 0 Å². The number of ketones is 1. The Balaban J connectivity index is 1.72. The number of non-ortho nitro benzene ring substituents is 1. The second kappa shape index (κ2) is 6.88. The zero-order valence-electron chi connectivity index (χ0n) is 13.4. The number of aromatic nitrogens is 3. The summed E-state index contributed by atoms with van der Waals surface area (Å²) >= 11 is 0. The van der Waals surface area contributed by atoms with Crippen molar-refractivity contribution in [3.8, 4) is 5.69 Å². The molecular formula is C18H14N4O3. The molecule has 124 valence electrons. The Morgan fingerprint density at radius 1 is 1.12 bits per heavy atom. The van der Waals surface area contributed by atoms with Gasteiger partial charge in [-0.05, 0) is 55.0 Å². The van der Waals surface area contributed by atoms with Gasteiger partial charge in [-0.2, -0.15) is 0 Å². The fourth-order valence-corrected chi connectivity index (χ4v) is 2.28. The number of carbonyl (C=O) groups excluding carboxylic acids is 1. The number of rotatable bonds is 5. The number of allylic oxidation sites excluding steroid dienone is 1. The SMILES string of the molecule is Cc1cnnn1-c1ccc(C(=O)C=Cc2ccc([N+](=O)[O-])cc2)cc1. The molecule has 0 spiro atoms. The number of carbonyl (C=O) groups is 1. The molecule has 0 aliphatic rings. The van der Waals surface area contributed by atoms with E-state index in [4.69, 9.17) is 0 Å². The van der Waals surface area contributed by atoms with Crippen molar-refractivity contribution in [1.82, 2.24) is 15.0 Å². The Bertz CT molecular complexity index is 941. The average Bonchev–Trinajstić information content (AvgIpc) is 3.06. The first kappa shape index (κ1) is 16.3. The topological polar surface area (TPSA) is 90.9 Å². The van der Waals surface area contributed by atoms with Gasteiger partial charge in [-0.25, -0.2) is 4.68 Å². The Morgan fingerprint density at radius 2 is 1.80 bits per heavy atom. The van der Waals surface area contributed by atoms with Crippen molar-refractivity contribution >= 4 is 17.5 Å². The Labute approximate surface area is 143 Å². The van der Waals surface area contributed by atoms with Gasteiger partial charge in [-0.3, -0.25) is 14.9 Å². The molecule has 0 fully saturated rings. The summed E-state index contributed by atoms with van der Waals surface area (Å²) in [5.41, 5.74) is 3.00. The predicted molar refractivity (Wildman–Crippen MR) is 92.6 cm³/mol. The van der Waals surface area contributed by atoms with Crippen LogP contribution in [0.1, 0.15) is 21.6 Å². The maximum Gasteiger partial charge on any atom is 0.269 e. The summed E-state index contributed by atoms with van der Waals surface area (Å²) < 4.78 is 1.68. The third-order valence-corrected chi connectivity index (χ3v) is 3.65. The third kappa shape index (κ3) is 3.66. The van der Waals surface area contributed by atoms with E-state index >= 15 is 0 Å². The van der Waals surface area contributed by atoms with Crippen molar-refractivity contribution in [1.29, 1.82) is 0 Å². The minimum atomic E-state index is -0.461. The summed E-state index contributed by atoms with van der Waals surface area (Å²) in [6.07, 6.45) is 4.73. The molecule has 0 radical (unpaired) electrons. The normalized spacial score (nSPS) is 10.9. The molecule has 0 N–H and O–H groups in total. The van der Waals surface area contributed by atoms with Crippen LogP contribution in [0.25, 0.3) is 11.8 Å². The van der Waals surface area contributed by atoms with E-state index in [9.17, 15) is 14.9 Å². The number of aryl methyl sites for hydroxylation is 1. The monoisotopic (exact) mass is 334 g/mol. The van der Waals surface area contributed by atoms with E-state index in [1.165, 1.54) is 18.2 Å². The van der Waals surface area contributed by atoms with E-state index in [0.29, 0.717) is 11.1 Å². The van der Waals surface area contributed by atoms with Crippen molar-refractivity contribution in [2.24, 2.45) is 0 Å². The van der Waals surface area contributed by atoms with Gasteiger partial charge in [0.2, 0.25) is 0 Å². The predicted octanol–water partition coefficient (Wildman–Crippen LogP) is 3.38. The summed E-state index contributed by atoms with van der Waals surface area (Å²) in [4.78, 5) is 22.4. The molecule has 3 rings (SSSR count). The fraction of sp³-hybridized carbons (Fsp3) is 0.0556. The van der Waals surface area contributed by atoms with Gasteiger partial charge in [-0.1, -0.05) is 11.3 Å². The first-order valence-electron chi connectivity index (χ1n) is 7.49. The van der Waals surface area contributed by atoms with Gasteiger partial charge < -0.3 is 0 Å². The van der Waals surface area contributed by atoms with E-state index in [1.54, 1.807) is 53.4 Å². The largest absolute Gasteiger partial charge is 0.289 e. The van der Waals surface area contributed by atoms with Crippen molar-refractivity contribution in [3.63, 3.8) is 0 Å². The second-order valence-electron chi connectivity index (χ2n) is 5.38. The number of hydrogen-bond donors (Lipinski definition) is 0. The highest BCUT2D eigenvalue weighted by Crippen LogP contribution is 2.14. The molecule has 7 heteroatoms. The van der Waals surface area contributed by atoms with Crippen LogP contribution in [0, 0.1) is 17.0 Å². The molecule has 0 saturated heterocycles. The zero-order chi connectivity index (χ0) is 17.8. The van der Waals surface area contributed by atoms with Gasteiger partial charge in [0.1, 0.15) is 0 Å². The summed E-state index contributed by atoms with van der Waals surface area (Å²) in [6.45, 7) is 1.89. The van der Waals surface area contributed by atoms with E-state index in [1.807, 2.05) is 6.92 Å². The maximum absolute atomic E-state index is 12.2. The van der Waals surface area contributed by atoms with E-state index in [-0.39, 0.29) is 11.5 Å². The number of nitrogens with zero attached hydrogens (tertiary/aromatic N) is 4. The standard InChI is InChI=1S/C18H14N4O3/c1-13-12-19-20-21(13)16-9-5-15(6-10-16)18(23)11-4-14-2-7-17(8-3-14)22(24)25/h2-12H,1H3. The lowest BCUT2D eigenvalue weighted by Gasteiger charge is -2.03. The van der Waals surface area contributed by atoms with Crippen LogP contribution in [0.4, 0.5) is 5.69 Å². The molecule has 0 unspecified atom stereocenters. The highest BCUT2D eigenvalue weighted by molar-refractivity contribution is 6.06. The number of hydrogen-bond acceptors (Lipinski definition) is 5. The molecule has 7 nitrogen and oxygen atoms in total. The Hall–Kier alpha value is -3.61. The van der Waals surface area contributed by atoms with Crippen LogP contribution in [0.3, 0.4) is 0 Å². The van der Waals surface area contributed by atoms with Gasteiger partial charge in [-0.15, -0.1) is 5.10 Å². The average molecular weight is 334 g/mol. The minimum absolute atomic E-state index is 0.0162. The summed E-state index contributed by atoms with van der Waals surface area (Å²) in [5, 5.41) is 18.4. The molecule has 0 saturated carbocycles. The fourth-order valence-electron chi connectivity index (χ4n) is 2.28. The van der Waals surface area contributed by atoms with Crippen molar-refractivity contribution in [3.05, 3.63) is 87.7 Å². The van der Waals surface area contributed by atoms with Crippen molar-refractivity contribution in [2.75, 3.05) is 0 Å². The van der Waals surface area contributed by atoms with Crippen LogP contribution in [-0.4, -0.2) is 25.7 Å². The quantitative estimate of drug-likeness (QED) is 0.309. The highest BCUT2D eigenvalue weighted by atomic mass is 16.6. The molecule has 0 aliphatic heterocycles. The van der Waals surface area contributed by atoms with Gasteiger partial charge in [0, 0.05) is 17.7 Å². The lowest BCUT2D eigenvalue weighted by Crippen LogP contribution is -2.00. The Morgan fingerprint density at radius 3 is 2.36 bits per heavy atom. The lowest BCUT2D eigenvalue weighted by molar-refractivity contribution is -0.384. The summed E-state index contributed by atoms with van der Waals surface area (Å²) in [6, 6.07) is 13.0. The second-order valence-corrected chi connectivity index (χ2v) is 5.38. The number of benzene rings is 2. The molecule has 3 aromatic rings. The summed E-state index contributed by atoms with van der Waals surface area (Å²) in [7, 11) is 0. The highest BCUT2D eigenvalue weighted by Gasteiger charge is 2.06. The van der Waals surface area contributed by atoms with Crippen molar-refractivity contribution in [2.45, 2.75) is 6.92 Å². The summed E-state index contributed by atoms with van der Waals surface area (Å²) in [5.74, 6) is -0.153. The zero-order valence-corrected chi connectivity index (χ0v) is 13.4. The van der Waals surface area contributed by atoms with E-state index in [2.05, 4.69) is 10.3 Å². The first-order chi connectivity index (χ1) is 12.0. The number of nitro benzene ring substituents is 1. The molecule has 1 aromatic heterocycles. The molecule has 0 aliphatic carbocycles. The van der Waals surface area contributed by atoms with E-state index in [0.717, 1.165) is 11.4 Å². The van der Waals surface area contributed by atoms with Crippen LogP contribution in [0.15, 0.2) is 60.8 Å². The molecule has 2 aromatic carbocycles. The van der Waals surface area contributed by atoms with Gasteiger partial charge in [0.05, 0.1) is 22.5 Å². The molecule has 25 heavy (non-hydrogen) atoms. The van der Waals surface area contributed by atoms with Crippen LogP contribution >= 0.6 is 0 Å². The van der Waals surface area contributed by atoms with Crippen molar-refractivity contribution < 1.29 is 9.72 Å². The van der Waals surface area contributed by atoms with E-state index < -0.39 is 4.92 Å².